The topological polar surface area (TPSA) is 30.5 Å². The fourth-order valence-electron chi connectivity index (χ4n) is 2.54. The van der Waals surface area contributed by atoms with Gasteiger partial charge in [0, 0.05) is 7.11 Å². The van der Waals surface area contributed by atoms with Gasteiger partial charge >= 0.3 is 6.18 Å². The molecule has 3 nitrogen and oxygen atoms in total. The van der Waals surface area contributed by atoms with E-state index in [2.05, 4.69) is 5.32 Å². The molecule has 1 aromatic carbocycles. The summed E-state index contributed by atoms with van der Waals surface area (Å²) in [4.78, 5) is 0. The Morgan fingerprint density at radius 3 is 2.45 bits per heavy atom. The summed E-state index contributed by atoms with van der Waals surface area (Å²) in [6.07, 6.45) is -2.69. The highest BCUT2D eigenvalue weighted by Crippen LogP contribution is 2.39. The Bertz CT molecular complexity index is 463. The molecule has 1 aliphatic rings. The summed E-state index contributed by atoms with van der Waals surface area (Å²) < 4.78 is 49.5. The first kappa shape index (κ1) is 19.1. The highest BCUT2D eigenvalue weighted by atomic mass is 35.5. The van der Waals surface area contributed by atoms with Gasteiger partial charge in [-0.25, -0.2) is 0 Å². The van der Waals surface area contributed by atoms with Gasteiger partial charge in [0.2, 0.25) is 0 Å². The minimum absolute atomic E-state index is 0. The Balaban J connectivity index is 0.00000242. The number of nitrogens with one attached hydrogen (secondary N) is 1. The fraction of sp³-hybridized carbons (Fsp3) is 0.600. The number of piperidine rings is 1. The molecular formula is C15H21ClF3NO2. The molecule has 1 aromatic rings. The maximum absolute atomic E-state index is 13.2. The zero-order chi connectivity index (χ0) is 15.3. The molecule has 1 fully saturated rings. The predicted molar refractivity (Wildman–Crippen MR) is 80.9 cm³/mol. The largest absolute Gasteiger partial charge is 0.491 e. The van der Waals surface area contributed by atoms with Crippen molar-refractivity contribution < 1.29 is 22.6 Å². The van der Waals surface area contributed by atoms with Crippen LogP contribution in [0.5, 0.6) is 5.75 Å². The Labute approximate surface area is 134 Å². The summed E-state index contributed by atoms with van der Waals surface area (Å²) in [5.74, 6) is 0.0533. The molecule has 0 unspecified atom stereocenters. The normalized spacial score (nSPS) is 16.2. The van der Waals surface area contributed by atoms with Gasteiger partial charge in [-0.3, -0.25) is 0 Å². The Morgan fingerprint density at radius 2 is 1.86 bits per heavy atom. The number of alkyl halides is 3. The lowest BCUT2D eigenvalue weighted by Crippen LogP contribution is -2.26. The van der Waals surface area contributed by atoms with E-state index in [0.29, 0.717) is 0 Å². The molecule has 0 atom stereocenters. The Kier molecular flexibility index (Phi) is 7.45. The zero-order valence-electron chi connectivity index (χ0n) is 12.4. The van der Waals surface area contributed by atoms with E-state index in [1.165, 1.54) is 19.2 Å². The van der Waals surface area contributed by atoms with Crippen molar-refractivity contribution in [3.63, 3.8) is 0 Å². The SMILES string of the molecule is COCCOc1ccc(C2CCNCC2)cc1C(F)(F)F.Cl. The van der Waals surface area contributed by atoms with Crippen molar-refractivity contribution in [3.8, 4) is 5.75 Å². The Morgan fingerprint density at radius 1 is 1.18 bits per heavy atom. The number of hydrogen-bond acceptors (Lipinski definition) is 3. The molecule has 0 saturated carbocycles. The third-order valence-electron chi connectivity index (χ3n) is 3.66. The number of halogens is 4. The van der Waals surface area contributed by atoms with Crippen LogP contribution < -0.4 is 10.1 Å². The van der Waals surface area contributed by atoms with E-state index in [-0.39, 0.29) is 37.3 Å². The monoisotopic (exact) mass is 339 g/mol. The summed E-state index contributed by atoms with van der Waals surface area (Å²) in [7, 11) is 1.48. The summed E-state index contributed by atoms with van der Waals surface area (Å²) in [6.45, 7) is 2.05. The molecule has 1 aliphatic heterocycles. The van der Waals surface area contributed by atoms with Gasteiger partial charge in [0.25, 0.3) is 0 Å². The number of ether oxygens (including phenoxy) is 2. The van der Waals surface area contributed by atoms with Crippen LogP contribution in [-0.2, 0) is 10.9 Å². The molecule has 0 aromatic heterocycles. The fourth-order valence-corrected chi connectivity index (χ4v) is 2.54. The second-order valence-corrected chi connectivity index (χ2v) is 5.12. The van der Waals surface area contributed by atoms with Crippen molar-refractivity contribution >= 4 is 12.4 Å². The van der Waals surface area contributed by atoms with Crippen molar-refractivity contribution in [2.24, 2.45) is 0 Å². The average molecular weight is 340 g/mol. The van der Waals surface area contributed by atoms with Crippen molar-refractivity contribution in [2.75, 3.05) is 33.4 Å². The number of methoxy groups -OCH3 is 1. The third-order valence-corrected chi connectivity index (χ3v) is 3.66. The van der Waals surface area contributed by atoms with Crippen molar-refractivity contribution in [1.29, 1.82) is 0 Å². The molecule has 126 valence electrons. The summed E-state index contributed by atoms with van der Waals surface area (Å²) in [6, 6.07) is 4.40. The van der Waals surface area contributed by atoms with E-state index in [9.17, 15) is 13.2 Å². The molecule has 1 N–H and O–H groups in total. The van der Waals surface area contributed by atoms with Crippen LogP contribution in [0.15, 0.2) is 18.2 Å². The van der Waals surface area contributed by atoms with Gasteiger partial charge in [-0.15, -0.1) is 12.4 Å². The van der Waals surface area contributed by atoms with E-state index in [0.717, 1.165) is 31.5 Å². The van der Waals surface area contributed by atoms with E-state index in [4.69, 9.17) is 9.47 Å². The molecule has 0 radical (unpaired) electrons. The van der Waals surface area contributed by atoms with Gasteiger partial charge in [-0.05, 0) is 49.5 Å². The predicted octanol–water partition coefficient (Wildman–Crippen LogP) is 3.62. The van der Waals surface area contributed by atoms with E-state index >= 15 is 0 Å². The highest BCUT2D eigenvalue weighted by molar-refractivity contribution is 5.85. The van der Waals surface area contributed by atoms with Crippen LogP contribution in [0.3, 0.4) is 0 Å². The molecule has 2 rings (SSSR count). The number of benzene rings is 1. The van der Waals surface area contributed by atoms with Gasteiger partial charge in [0.15, 0.2) is 0 Å². The zero-order valence-corrected chi connectivity index (χ0v) is 13.2. The van der Waals surface area contributed by atoms with Gasteiger partial charge in [-0.1, -0.05) is 6.07 Å². The summed E-state index contributed by atoms with van der Waals surface area (Å²) in [5, 5.41) is 3.21. The summed E-state index contributed by atoms with van der Waals surface area (Å²) >= 11 is 0. The van der Waals surface area contributed by atoms with Gasteiger partial charge in [0.1, 0.15) is 12.4 Å². The molecule has 22 heavy (non-hydrogen) atoms. The second kappa shape index (κ2) is 8.60. The lowest BCUT2D eigenvalue weighted by molar-refractivity contribution is -0.139. The highest BCUT2D eigenvalue weighted by Gasteiger charge is 2.35. The molecule has 0 spiro atoms. The van der Waals surface area contributed by atoms with Crippen LogP contribution in [-0.4, -0.2) is 33.4 Å². The lowest BCUT2D eigenvalue weighted by Gasteiger charge is -2.24. The van der Waals surface area contributed by atoms with Crippen molar-refractivity contribution in [1.82, 2.24) is 5.32 Å². The molecule has 0 amide bonds. The maximum atomic E-state index is 13.2. The molecule has 1 heterocycles. The quantitative estimate of drug-likeness (QED) is 0.831. The van der Waals surface area contributed by atoms with Crippen LogP contribution in [0.2, 0.25) is 0 Å². The van der Waals surface area contributed by atoms with E-state index in [1.807, 2.05) is 0 Å². The second-order valence-electron chi connectivity index (χ2n) is 5.12. The van der Waals surface area contributed by atoms with Crippen LogP contribution in [0, 0.1) is 0 Å². The molecular weight excluding hydrogens is 319 g/mol. The number of hydrogen-bond donors (Lipinski definition) is 1. The first-order chi connectivity index (χ1) is 10.0. The van der Waals surface area contributed by atoms with E-state index in [1.54, 1.807) is 6.07 Å². The third kappa shape index (κ3) is 5.04. The molecule has 0 bridgehead atoms. The van der Waals surface area contributed by atoms with Crippen LogP contribution in [0.25, 0.3) is 0 Å². The molecule has 7 heteroatoms. The average Bonchev–Trinajstić information content (AvgIpc) is 2.47. The van der Waals surface area contributed by atoms with Crippen LogP contribution >= 0.6 is 12.4 Å². The minimum atomic E-state index is -4.41. The number of rotatable bonds is 5. The van der Waals surface area contributed by atoms with Crippen LogP contribution in [0.1, 0.15) is 29.9 Å². The van der Waals surface area contributed by atoms with Gasteiger partial charge in [0.05, 0.1) is 12.2 Å². The Hall–Kier alpha value is -0.980. The van der Waals surface area contributed by atoms with Crippen LogP contribution in [0.4, 0.5) is 13.2 Å². The smallest absolute Gasteiger partial charge is 0.419 e. The first-order valence-corrected chi connectivity index (χ1v) is 7.06. The van der Waals surface area contributed by atoms with Gasteiger partial charge < -0.3 is 14.8 Å². The lowest BCUT2D eigenvalue weighted by atomic mass is 9.89. The molecule has 1 saturated heterocycles. The standard InChI is InChI=1S/C15H20F3NO2.ClH/c1-20-8-9-21-14-3-2-12(10-13(14)15(16,17)18)11-4-6-19-7-5-11;/h2-3,10-11,19H,4-9H2,1H3;1H. The summed E-state index contributed by atoms with van der Waals surface area (Å²) in [5.41, 5.74) is 0.0394. The minimum Gasteiger partial charge on any atom is -0.491 e. The van der Waals surface area contributed by atoms with Gasteiger partial charge in [-0.2, -0.15) is 13.2 Å². The van der Waals surface area contributed by atoms with Crippen molar-refractivity contribution in [2.45, 2.75) is 24.9 Å². The first-order valence-electron chi connectivity index (χ1n) is 7.06. The van der Waals surface area contributed by atoms with E-state index < -0.39 is 11.7 Å². The van der Waals surface area contributed by atoms with Crippen molar-refractivity contribution in [3.05, 3.63) is 29.3 Å². The molecule has 0 aliphatic carbocycles. The maximum Gasteiger partial charge on any atom is 0.419 e.